The Kier molecular flexibility index (Phi) is 4.20. The molecule has 0 aromatic heterocycles. The molecule has 0 aliphatic heterocycles. The second-order valence-corrected chi connectivity index (χ2v) is 6.51. The summed E-state index contributed by atoms with van der Waals surface area (Å²) in [5, 5.41) is 17.2. The number of anilines is 2. The van der Waals surface area contributed by atoms with E-state index < -0.39 is 10.0 Å². The highest BCUT2D eigenvalue weighted by Gasteiger charge is 2.19. The van der Waals surface area contributed by atoms with E-state index >= 15 is 0 Å². The molecule has 0 unspecified atom stereocenters. The van der Waals surface area contributed by atoms with E-state index in [0.29, 0.717) is 17.9 Å². The van der Waals surface area contributed by atoms with Crippen LogP contribution >= 0.6 is 0 Å². The van der Waals surface area contributed by atoms with Crippen LogP contribution in [0.2, 0.25) is 0 Å². The second-order valence-electron chi connectivity index (χ2n) is 4.98. The highest BCUT2D eigenvalue weighted by Crippen LogP contribution is 2.24. The lowest BCUT2D eigenvalue weighted by atomic mass is 9.95. The van der Waals surface area contributed by atoms with Crippen LogP contribution in [0, 0.1) is 5.41 Å². The number of rotatable bonds is 5. The van der Waals surface area contributed by atoms with Gasteiger partial charge in [0.15, 0.2) is 0 Å². The normalized spacial score (nSPS) is 12.4. The maximum absolute atomic E-state index is 11.4. The zero-order valence-electron chi connectivity index (χ0n) is 10.5. The minimum Gasteiger partial charge on any atom is -0.399 e. The van der Waals surface area contributed by atoms with Crippen LogP contribution in [0.3, 0.4) is 0 Å². The molecular weight excluding hydrogens is 254 g/mol. The molecule has 0 saturated carbocycles. The fraction of sp³-hybridized carbons (Fsp3) is 0.455. The van der Waals surface area contributed by atoms with Gasteiger partial charge in [0.1, 0.15) is 4.90 Å². The van der Waals surface area contributed by atoms with Gasteiger partial charge in [-0.05, 0) is 18.2 Å². The van der Waals surface area contributed by atoms with Crippen molar-refractivity contribution >= 4 is 21.4 Å². The fourth-order valence-electron chi connectivity index (χ4n) is 1.31. The molecular formula is C11H19N3O3S. The second kappa shape index (κ2) is 5.13. The number of nitrogens with two attached hydrogens (primary N) is 2. The van der Waals surface area contributed by atoms with Crippen LogP contribution < -0.4 is 16.2 Å². The molecule has 0 radical (unpaired) electrons. The third-order valence-electron chi connectivity index (χ3n) is 2.50. The molecule has 102 valence electrons. The largest absolute Gasteiger partial charge is 0.399 e. The molecule has 0 spiro atoms. The number of nitrogen functional groups attached to an aromatic ring is 1. The van der Waals surface area contributed by atoms with E-state index in [0.717, 1.165) is 0 Å². The Morgan fingerprint density at radius 2 is 2.00 bits per heavy atom. The Morgan fingerprint density at radius 1 is 1.39 bits per heavy atom. The van der Waals surface area contributed by atoms with Crippen LogP contribution in [0.5, 0.6) is 0 Å². The summed E-state index contributed by atoms with van der Waals surface area (Å²) in [4.78, 5) is -0.0451. The van der Waals surface area contributed by atoms with Gasteiger partial charge in [-0.2, -0.15) is 0 Å². The summed E-state index contributed by atoms with van der Waals surface area (Å²) in [6.45, 7) is 4.11. The topological polar surface area (TPSA) is 118 Å². The Morgan fingerprint density at radius 3 is 2.50 bits per heavy atom. The molecule has 0 atom stereocenters. The van der Waals surface area contributed by atoms with Gasteiger partial charge in [0.2, 0.25) is 10.0 Å². The van der Waals surface area contributed by atoms with Crippen molar-refractivity contribution in [3.05, 3.63) is 18.2 Å². The fourth-order valence-corrected chi connectivity index (χ4v) is 2.06. The number of hydrogen-bond donors (Lipinski definition) is 4. The third-order valence-corrected chi connectivity index (χ3v) is 3.45. The summed E-state index contributed by atoms with van der Waals surface area (Å²) in [6.07, 6.45) is 0. The predicted octanol–water partition coefficient (Wildman–Crippen LogP) is 0.347. The third kappa shape index (κ3) is 3.86. The minimum absolute atomic E-state index is 0.0142. The van der Waals surface area contributed by atoms with Gasteiger partial charge in [-0.15, -0.1) is 0 Å². The van der Waals surface area contributed by atoms with Gasteiger partial charge in [-0.25, -0.2) is 13.6 Å². The van der Waals surface area contributed by atoms with Crippen molar-refractivity contribution in [2.45, 2.75) is 18.7 Å². The van der Waals surface area contributed by atoms with E-state index in [-0.39, 0.29) is 16.9 Å². The summed E-state index contributed by atoms with van der Waals surface area (Å²) >= 11 is 0. The molecule has 0 bridgehead atoms. The van der Waals surface area contributed by atoms with Gasteiger partial charge >= 0.3 is 0 Å². The molecule has 0 aliphatic rings. The van der Waals surface area contributed by atoms with Crippen molar-refractivity contribution in [2.24, 2.45) is 10.6 Å². The quantitative estimate of drug-likeness (QED) is 0.577. The van der Waals surface area contributed by atoms with Gasteiger partial charge in [-0.3, -0.25) is 0 Å². The number of aliphatic hydroxyl groups is 1. The van der Waals surface area contributed by atoms with E-state index in [1.807, 2.05) is 13.8 Å². The first kappa shape index (κ1) is 14.7. The van der Waals surface area contributed by atoms with Crippen molar-refractivity contribution in [1.82, 2.24) is 0 Å². The van der Waals surface area contributed by atoms with Crippen LogP contribution in [0.1, 0.15) is 13.8 Å². The summed E-state index contributed by atoms with van der Waals surface area (Å²) in [5.41, 5.74) is 5.89. The molecule has 6 N–H and O–H groups in total. The molecule has 0 aliphatic carbocycles. The summed E-state index contributed by atoms with van der Waals surface area (Å²) in [6, 6.07) is 4.45. The van der Waals surface area contributed by atoms with Gasteiger partial charge in [0, 0.05) is 24.3 Å². The molecule has 1 rings (SSSR count). The molecule has 0 saturated heterocycles. The van der Waals surface area contributed by atoms with Crippen LogP contribution in [0.25, 0.3) is 0 Å². The zero-order valence-corrected chi connectivity index (χ0v) is 11.3. The number of sulfonamides is 1. The first-order valence-electron chi connectivity index (χ1n) is 5.43. The lowest BCUT2D eigenvalue weighted by molar-refractivity contribution is 0.171. The molecule has 0 amide bonds. The maximum atomic E-state index is 11.4. The van der Waals surface area contributed by atoms with Crippen LogP contribution in [-0.2, 0) is 10.0 Å². The Balaban J connectivity index is 3.03. The molecule has 0 fully saturated rings. The summed E-state index contributed by atoms with van der Waals surface area (Å²) < 4.78 is 22.9. The van der Waals surface area contributed by atoms with Gasteiger partial charge in [0.05, 0.1) is 5.69 Å². The smallest absolute Gasteiger partial charge is 0.240 e. The predicted molar refractivity (Wildman–Crippen MR) is 71.6 cm³/mol. The average Bonchev–Trinajstić information content (AvgIpc) is 2.26. The van der Waals surface area contributed by atoms with Crippen LogP contribution in [0.4, 0.5) is 11.4 Å². The average molecular weight is 273 g/mol. The lowest BCUT2D eigenvalue weighted by Gasteiger charge is -2.23. The standard InChI is InChI=1S/C11H19N3O3S/c1-11(2,7-15)6-14-9-4-3-8(12)5-10(9)18(13,16)17/h3-5,14-15H,6-7,12H2,1-2H3,(H2,13,16,17). The van der Waals surface area contributed by atoms with Gasteiger partial charge < -0.3 is 16.2 Å². The highest BCUT2D eigenvalue weighted by molar-refractivity contribution is 7.89. The van der Waals surface area contributed by atoms with E-state index in [4.69, 9.17) is 16.0 Å². The van der Waals surface area contributed by atoms with Gasteiger partial charge in [0.25, 0.3) is 0 Å². The molecule has 7 heteroatoms. The van der Waals surface area contributed by atoms with E-state index in [9.17, 15) is 8.42 Å². The number of primary sulfonamides is 1. The first-order chi connectivity index (χ1) is 8.15. The monoisotopic (exact) mass is 273 g/mol. The molecule has 1 aromatic carbocycles. The number of hydrogen-bond acceptors (Lipinski definition) is 5. The Bertz CT molecular complexity index is 526. The number of nitrogens with one attached hydrogen (secondary N) is 1. The SMILES string of the molecule is CC(C)(CO)CNc1ccc(N)cc1S(N)(=O)=O. The maximum Gasteiger partial charge on any atom is 0.240 e. The molecule has 6 nitrogen and oxygen atoms in total. The van der Waals surface area contributed by atoms with Crippen molar-refractivity contribution in [3.63, 3.8) is 0 Å². The Hall–Kier alpha value is -1.31. The molecule has 0 heterocycles. The van der Waals surface area contributed by atoms with E-state index in [1.165, 1.54) is 6.07 Å². The van der Waals surface area contributed by atoms with Crippen molar-refractivity contribution in [1.29, 1.82) is 0 Å². The lowest BCUT2D eigenvalue weighted by Crippen LogP contribution is -2.27. The number of aliphatic hydroxyl groups excluding tert-OH is 1. The summed E-state index contributed by atoms with van der Waals surface area (Å²) in [5.74, 6) is 0. The van der Waals surface area contributed by atoms with Crippen molar-refractivity contribution in [3.8, 4) is 0 Å². The van der Waals surface area contributed by atoms with Crippen LogP contribution in [0.15, 0.2) is 23.1 Å². The Labute approximate surface area is 107 Å². The van der Waals surface area contributed by atoms with Gasteiger partial charge in [-0.1, -0.05) is 13.8 Å². The highest BCUT2D eigenvalue weighted by atomic mass is 32.2. The van der Waals surface area contributed by atoms with E-state index in [2.05, 4.69) is 5.32 Å². The first-order valence-corrected chi connectivity index (χ1v) is 6.97. The van der Waals surface area contributed by atoms with Crippen molar-refractivity contribution < 1.29 is 13.5 Å². The number of benzene rings is 1. The zero-order chi connectivity index (χ0) is 14.0. The van der Waals surface area contributed by atoms with Crippen molar-refractivity contribution in [2.75, 3.05) is 24.2 Å². The minimum atomic E-state index is -3.84. The summed E-state index contributed by atoms with van der Waals surface area (Å²) in [7, 11) is -3.84. The van der Waals surface area contributed by atoms with Crippen LogP contribution in [-0.4, -0.2) is 26.7 Å². The molecule has 18 heavy (non-hydrogen) atoms. The van der Waals surface area contributed by atoms with E-state index in [1.54, 1.807) is 12.1 Å². The molecule has 1 aromatic rings.